The Morgan fingerprint density at radius 3 is 2.69 bits per heavy atom. The van der Waals surface area contributed by atoms with E-state index in [0.29, 0.717) is 18.0 Å². The topological polar surface area (TPSA) is 67.6 Å². The van der Waals surface area contributed by atoms with Crippen LogP contribution in [0.25, 0.3) is 11.3 Å². The van der Waals surface area contributed by atoms with E-state index in [0.717, 1.165) is 0 Å². The fourth-order valence-electron chi connectivity index (χ4n) is 2.77. The zero-order valence-electron chi connectivity index (χ0n) is 15.9. The molecule has 6 nitrogen and oxygen atoms in total. The summed E-state index contributed by atoms with van der Waals surface area (Å²) >= 11 is 12.5. The summed E-state index contributed by atoms with van der Waals surface area (Å²) in [6, 6.07) is 8.16. The highest BCUT2D eigenvalue weighted by Gasteiger charge is 2.22. The van der Waals surface area contributed by atoms with E-state index in [4.69, 9.17) is 32.4 Å². The van der Waals surface area contributed by atoms with Gasteiger partial charge in [-0.25, -0.2) is 14.2 Å². The number of benzene rings is 1. The van der Waals surface area contributed by atoms with Crippen LogP contribution in [0.4, 0.5) is 15.8 Å². The van der Waals surface area contributed by atoms with Crippen LogP contribution in [0.15, 0.2) is 41.0 Å². The highest BCUT2D eigenvalue weighted by molar-refractivity contribution is 6.36. The fraction of sp³-hybridized carbons (Fsp3) is 0.200. The van der Waals surface area contributed by atoms with Crippen LogP contribution in [0.1, 0.15) is 16.2 Å². The SMILES string of the molecule is COC(=O)c1nc(-c2ccc(Cl)c(N(C)C)c2F)cc(NCc2ccco2)c1Cl. The largest absolute Gasteiger partial charge is 0.467 e. The van der Waals surface area contributed by atoms with Gasteiger partial charge in [0.25, 0.3) is 0 Å². The van der Waals surface area contributed by atoms with Crippen molar-refractivity contribution >= 4 is 40.5 Å². The van der Waals surface area contributed by atoms with Crippen molar-refractivity contribution in [1.29, 1.82) is 0 Å². The van der Waals surface area contributed by atoms with Crippen molar-refractivity contribution in [1.82, 2.24) is 4.98 Å². The summed E-state index contributed by atoms with van der Waals surface area (Å²) in [5, 5.41) is 3.40. The van der Waals surface area contributed by atoms with Crippen LogP contribution in [0, 0.1) is 5.82 Å². The number of carbonyl (C=O) groups is 1. The first-order valence-corrected chi connectivity index (χ1v) is 9.29. The Bertz CT molecular complexity index is 1040. The molecule has 0 spiro atoms. The molecule has 0 saturated heterocycles. The van der Waals surface area contributed by atoms with Crippen molar-refractivity contribution < 1.29 is 18.3 Å². The number of rotatable bonds is 6. The Hall–Kier alpha value is -2.77. The van der Waals surface area contributed by atoms with E-state index in [1.165, 1.54) is 13.2 Å². The van der Waals surface area contributed by atoms with Gasteiger partial charge >= 0.3 is 5.97 Å². The van der Waals surface area contributed by atoms with Gasteiger partial charge in [0.15, 0.2) is 11.5 Å². The molecule has 2 aromatic heterocycles. The van der Waals surface area contributed by atoms with E-state index in [-0.39, 0.29) is 32.7 Å². The number of esters is 1. The summed E-state index contributed by atoms with van der Waals surface area (Å²) in [5.74, 6) is -0.642. The van der Waals surface area contributed by atoms with Gasteiger partial charge in [0, 0.05) is 19.7 Å². The number of furan rings is 1. The van der Waals surface area contributed by atoms with E-state index in [1.807, 2.05) is 0 Å². The molecule has 0 aliphatic carbocycles. The molecule has 0 saturated carbocycles. The molecule has 3 rings (SSSR count). The number of methoxy groups -OCH3 is 1. The van der Waals surface area contributed by atoms with E-state index in [2.05, 4.69) is 10.3 Å². The number of anilines is 2. The van der Waals surface area contributed by atoms with Crippen molar-refractivity contribution in [3.8, 4) is 11.3 Å². The number of carbonyl (C=O) groups excluding carboxylic acids is 1. The number of hydrogen-bond donors (Lipinski definition) is 1. The van der Waals surface area contributed by atoms with Gasteiger partial charge < -0.3 is 19.4 Å². The summed E-state index contributed by atoms with van der Waals surface area (Å²) in [7, 11) is 4.58. The normalized spacial score (nSPS) is 10.7. The Morgan fingerprint density at radius 1 is 1.31 bits per heavy atom. The van der Waals surface area contributed by atoms with Crippen LogP contribution in [0.2, 0.25) is 10.0 Å². The minimum absolute atomic E-state index is 0.0642. The van der Waals surface area contributed by atoms with Crippen LogP contribution in [-0.2, 0) is 11.3 Å². The molecule has 1 N–H and O–H groups in total. The Morgan fingerprint density at radius 2 is 2.07 bits per heavy atom. The van der Waals surface area contributed by atoms with E-state index in [1.54, 1.807) is 49.5 Å². The maximum absolute atomic E-state index is 15.2. The molecule has 152 valence electrons. The summed E-state index contributed by atoms with van der Waals surface area (Å²) in [4.78, 5) is 18.0. The fourth-order valence-corrected chi connectivity index (χ4v) is 3.33. The second-order valence-corrected chi connectivity index (χ2v) is 7.08. The Balaban J connectivity index is 2.12. The van der Waals surface area contributed by atoms with Gasteiger partial charge in [-0.15, -0.1) is 0 Å². The van der Waals surface area contributed by atoms with Gasteiger partial charge in [-0.1, -0.05) is 23.2 Å². The third kappa shape index (κ3) is 4.31. The van der Waals surface area contributed by atoms with Crippen LogP contribution < -0.4 is 10.2 Å². The standard InChI is InChI=1S/C20H18Cl2FN3O3/c1-26(2)19-13(21)7-6-12(17(19)23)14-9-15(24-10-11-5-4-8-29-11)16(22)18(25-14)20(27)28-3/h4-9H,10H2,1-3H3,(H,24,25). The van der Waals surface area contributed by atoms with Crippen LogP contribution in [-0.4, -0.2) is 32.2 Å². The van der Waals surface area contributed by atoms with Crippen LogP contribution in [0.5, 0.6) is 0 Å². The van der Waals surface area contributed by atoms with Crippen LogP contribution in [0.3, 0.4) is 0 Å². The number of hydrogen-bond acceptors (Lipinski definition) is 6. The van der Waals surface area contributed by atoms with E-state index >= 15 is 4.39 Å². The molecule has 0 atom stereocenters. The number of pyridine rings is 1. The maximum atomic E-state index is 15.2. The van der Waals surface area contributed by atoms with Gasteiger partial charge in [0.2, 0.25) is 0 Å². The van der Waals surface area contributed by atoms with Crippen molar-refractivity contribution in [2.24, 2.45) is 0 Å². The number of ether oxygens (including phenoxy) is 1. The minimum Gasteiger partial charge on any atom is -0.467 e. The van der Waals surface area contributed by atoms with Gasteiger partial charge in [0.05, 0.1) is 47.0 Å². The molecule has 0 radical (unpaired) electrons. The molecule has 0 fully saturated rings. The quantitative estimate of drug-likeness (QED) is 0.530. The minimum atomic E-state index is -0.736. The summed E-state index contributed by atoms with van der Waals surface area (Å²) in [6.45, 7) is 0.308. The number of nitrogens with one attached hydrogen (secondary N) is 1. The molecule has 0 aliphatic rings. The molecule has 9 heteroatoms. The first kappa shape index (κ1) is 21.0. The second-order valence-electron chi connectivity index (χ2n) is 6.29. The lowest BCUT2D eigenvalue weighted by Crippen LogP contribution is -2.13. The summed E-state index contributed by atoms with van der Waals surface area (Å²) < 4.78 is 25.2. The third-order valence-electron chi connectivity index (χ3n) is 4.16. The van der Waals surface area contributed by atoms with E-state index in [9.17, 15) is 4.79 Å². The van der Waals surface area contributed by atoms with Crippen molar-refractivity contribution in [3.63, 3.8) is 0 Å². The molecule has 0 bridgehead atoms. The smallest absolute Gasteiger partial charge is 0.358 e. The zero-order valence-corrected chi connectivity index (χ0v) is 17.4. The molecule has 1 aromatic carbocycles. The molecule has 3 aromatic rings. The van der Waals surface area contributed by atoms with Gasteiger partial charge in [-0.05, 0) is 30.3 Å². The maximum Gasteiger partial charge on any atom is 0.358 e. The lowest BCUT2D eigenvalue weighted by molar-refractivity contribution is 0.0594. The number of nitrogens with zero attached hydrogens (tertiary/aromatic N) is 2. The van der Waals surface area contributed by atoms with Crippen LogP contribution >= 0.6 is 23.2 Å². The molecular formula is C20H18Cl2FN3O3. The molecule has 2 heterocycles. The molecule has 29 heavy (non-hydrogen) atoms. The van der Waals surface area contributed by atoms with Gasteiger partial charge in [-0.3, -0.25) is 0 Å². The predicted octanol–water partition coefficient (Wildman–Crippen LogP) is 5.25. The van der Waals surface area contributed by atoms with Crippen molar-refractivity contribution in [3.05, 3.63) is 63.9 Å². The lowest BCUT2D eigenvalue weighted by Gasteiger charge is -2.18. The number of halogens is 3. The first-order chi connectivity index (χ1) is 13.8. The number of aromatic nitrogens is 1. The first-order valence-electron chi connectivity index (χ1n) is 8.54. The summed E-state index contributed by atoms with van der Waals surface area (Å²) in [6.07, 6.45) is 1.54. The van der Waals surface area contributed by atoms with Gasteiger partial charge in [0.1, 0.15) is 5.76 Å². The lowest BCUT2D eigenvalue weighted by atomic mass is 10.1. The Labute approximate surface area is 177 Å². The molecule has 0 unspecified atom stereocenters. The second kappa shape index (κ2) is 8.71. The summed E-state index contributed by atoms with van der Waals surface area (Å²) in [5.41, 5.74) is 0.837. The van der Waals surface area contributed by atoms with Gasteiger partial charge in [-0.2, -0.15) is 0 Å². The molecule has 0 aliphatic heterocycles. The van der Waals surface area contributed by atoms with E-state index < -0.39 is 11.8 Å². The highest BCUT2D eigenvalue weighted by Crippen LogP contribution is 2.37. The predicted molar refractivity (Wildman–Crippen MR) is 111 cm³/mol. The Kier molecular flexibility index (Phi) is 6.30. The van der Waals surface area contributed by atoms with Crippen molar-refractivity contribution in [2.75, 3.05) is 31.4 Å². The molecular weight excluding hydrogens is 420 g/mol. The highest BCUT2D eigenvalue weighted by atomic mass is 35.5. The third-order valence-corrected chi connectivity index (χ3v) is 4.85. The zero-order chi connectivity index (χ0) is 21.1. The average Bonchev–Trinajstić information content (AvgIpc) is 3.20. The average molecular weight is 438 g/mol. The monoisotopic (exact) mass is 437 g/mol. The van der Waals surface area contributed by atoms with Crippen molar-refractivity contribution in [2.45, 2.75) is 6.54 Å². The molecule has 0 amide bonds.